The molecule has 3 rings (SSSR count). The van der Waals surface area contributed by atoms with E-state index in [9.17, 15) is 4.79 Å². The summed E-state index contributed by atoms with van der Waals surface area (Å²) in [4.78, 5) is 12.2. The van der Waals surface area contributed by atoms with Gasteiger partial charge in [-0.05, 0) is 24.0 Å². The van der Waals surface area contributed by atoms with Crippen molar-refractivity contribution in [1.82, 2.24) is 5.32 Å². The Balaban J connectivity index is 1.62. The van der Waals surface area contributed by atoms with Gasteiger partial charge in [0.25, 0.3) is 0 Å². The third-order valence-corrected chi connectivity index (χ3v) is 4.89. The van der Waals surface area contributed by atoms with E-state index >= 15 is 0 Å². The number of carbonyl (C=O) groups is 1. The average Bonchev–Trinajstić information content (AvgIpc) is 3.12. The summed E-state index contributed by atoms with van der Waals surface area (Å²) in [5.74, 6) is 0.447. The van der Waals surface area contributed by atoms with Gasteiger partial charge in [-0.3, -0.25) is 4.79 Å². The molecule has 0 bridgehead atoms. The van der Waals surface area contributed by atoms with Crippen LogP contribution in [-0.2, 0) is 22.4 Å². The smallest absolute Gasteiger partial charge is 0.223 e. The summed E-state index contributed by atoms with van der Waals surface area (Å²) in [6, 6.07) is 8.47. The van der Waals surface area contributed by atoms with Crippen molar-refractivity contribution in [3.8, 4) is 0 Å². The molecule has 3 heteroatoms. The zero-order valence-electron chi connectivity index (χ0n) is 12.2. The predicted octanol–water partition coefficient (Wildman–Crippen LogP) is 2.48. The first-order valence-electron chi connectivity index (χ1n) is 7.62. The minimum absolute atomic E-state index is 0.217. The first-order chi connectivity index (χ1) is 9.72. The van der Waals surface area contributed by atoms with Crippen LogP contribution >= 0.6 is 0 Å². The maximum absolute atomic E-state index is 12.2. The second kappa shape index (κ2) is 5.57. The molecule has 108 valence electrons. The normalized spacial score (nSPS) is 20.9. The number of ether oxygens (including phenoxy) is 1. The van der Waals surface area contributed by atoms with Crippen molar-refractivity contribution in [3.63, 3.8) is 0 Å². The molecule has 0 radical (unpaired) electrons. The number of carbonyl (C=O) groups excluding carboxylic acids is 1. The van der Waals surface area contributed by atoms with Crippen LogP contribution in [0.5, 0.6) is 0 Å². The Morgan fingerprint density at radius 3 is 2.40 bits per heavy atom. The zero-order valence-corrected chi connectivity index (χ0v) is 12.2. The summed E-state index contributed by atoms with van der Waals surface area (Å²) in [6.45, 7) is 0.619. The Morgan fingerprint density at radius 1 is 1.25 bits per heavy atom. The number of amides is 1. The maximum Gasteiger partial charge on any atom is 0.223 e. The highest BCUT2D eigenvalue weighted by molar-refractivity contribution is 5.79. The van der Waals surface area contributed by atoms with E-state index < -0.39 is 0 Å². The molecular formula is C17H23NO2. The van der Waals surface area contributed by atoms with Crippen molar-refractivity contribution in [1.29, 1.82) is 0 Å². The second-order valence-corrected chi connectivity index (χ2v) is 6.21. The molecule has 0 heterocycles. The minimum atomic E-state index is -0.252. The number of hydrogen-bond donors (Lipinski definition) is 1. The van der Waals surface area contributed by atoms with E-state index in [0.29, 0.717) is 6.54 Å². The molecule has 2 aliphatic carbocycles. The van der Waals surface area contributed by atoms with Gasteiger partial charge in [0.2, 0.25) is 5.91 Å². The summed E-state index contributed by atoms with van der Waals surface area (Å²) in [6.07, 6.45) is 6.27. The van der Waals surface area contributed by atoms with Crippen LogP contribution in [0.4, 0.5) is 0 Å². The van der Waals surface area contributed by atoms with E-state index in [0.717, 1.165) is 25.7 Å². The van der Waals surface area contributed by atoms with E-state index in [1.54, 1.807) is 7.11 Å². The molecule has 2 aliphatic rings. The van der Waals surface area contributed by atoms with Gasteiger partial charge in [-0.1, -0.05) is 37.1 Å². The predicted molar refractivity (Wildman–Crippen MR) is 78.6 cm³/mol. The van der Waals surface area contributed by atoms with Crippen LogP contribution in [0.2, 0.25) is 0 Å². The fourth-order valence-corrected chi connectivity index (χ4v) is 3.58. The molecule has 3 nitrogen and oxygen atoms in total. The monoisotopic (exact) mass is 273 g/mol. The molecule has 0 atom stereocenters. The first kappa shape index (κ1) is 13.6. The lowest BCUT2D eigenvalue weighted by Gasteiger charge is -2.28. The van der Waals surface area contributed by atoms with Crippen molar-refractivity contribution < 1.29 is 9.53 Å². The number of methoxy groups -OCH3 is 1. The van der Waals surface area contributed by atoms with Gasteiger partial charge in [-0.25, -0.2) is 0 Å². The van der Waals surface area contributed by atoms with Crippen LogP contribution in [0.15, 0.2) is 24.3 Å². The van der Waals surface area contributed by atoms with E-state index in [1.165, 1.54) is 24.0 Å². The van der Waals surface area contributed by atoms with Crippen LogP contribution in [-0.4, -0.2) is 25.2 Å². The highest BCUT2D eigenvalue weighted by Crippen LogP contribution is 2.32. The lowest BCUT2D eigenvalue weighted by molar-refractivity contribution is -0.126. The van der Waals surface area contributed by atoms with Crippen LogP contribution in [0, 0.1) is 5.92 Å². The fraction of sp³-hybridized carbons (Fsp3) is 0.588. The average molecular weight is 273 g/mol. The van der Waals surface area contributed by atoms with E-state index in [-0.39, 0.29) is 17.4 Å². The molecular weight excluding hydrogens is 250 g/mol. The second-order valence-electron chi connectivity index (χ2n) is 6.21. The highest BCUT2D eigenvalue weighted by Gasteiger charge is 2.38. The largest absolute Gasteiger partial charge is 0.376 e. The zero-order chi connectivity index (χ0) is 14.0. The van der Waals surface area contributed by atoms with Crippen molar-refractivity contribution in [2.24, 2.45) is 5.92 Å². The van der Waals surface area contributed by atoms with Crippen molar-refractivity contribution in [2.75, 3.05) is 13.7 Å². The highest BCUT2D eigenvalue weighted by atomic mass is 16.5. The third kappa shape index (κ3) is 2.59. The summed E-state index contributed by atoms with van der Waals surface area (Å²) in [5.41, 5.74) is 2.45. The Hall–Kier alpha value is -1.35. The van der Waals surface area contributed by atoms with Gasteiger partial charge in [-0.15, -0.1) is 0 Å². The topological polar surface area (TPSA) is 38.3 Å². The van der Waals surface area contributed by atoms with Gasteiger partial charge in [-0.2, -0.15) is 0 Å². The molecule has 1 N–H and O–H groups in total. The molecule has 1 aromatic carbocycles. The standard InChI is InChI=1S/C17H23NO2/c1-20-17(10-14-8-4-5-9-15(14)11-17)12-18-16(19)13-6-2-3-7-13/h4-5,8-9,13H,2-3,6-7,10-12H2,1H3,(H,18,19). The summed E-state index contributed by atoms with van der Waals surface area (Å²) >= 11 is 0. The molecule has 0 spiro atoms. The Kier molecular flexibility index (Phi) is 3.79. The molecule has 1 aromatic rings. The molecule has 0 saturated heterocycles. The molecule has 1 fully saturated rings. The number of nitrogens with one attached hydrogen (secondary N) is 1. The van der Waals surface area contributed by atoms with Gasteiger partial charge >= 0.3 is 0 Å². The summed E-state index contributed by atoms with van der Waals surface area (Å²) in [5, 5.41) is 3.13. The fourth-order valence-electron chi connectivity index (χ4n) is 3.58. The third-order valence-electron chi connectivity index (χ3n) is 4.89. The molecule has 1 amide bonds. The lowest BCUT2D eigenvalue weighted by Crippen LogP contribution is -2.46. The number of fused-ring (bicyclic) bond motifs is 1. The molecule has 1 saturated carbocycles. The molecule has 0 aromatic heterocycles. The quantitative estimate of drug-likeness (QED) is 0.915. The van der Waals surface area contributed by atoms with Crippen molar-refractivity contribution >= 4 is 5.91 Å². The minimum Gasteiger partial charge on any atom is -0.376 e. The Bertz CT molecular complexity index is 467. The van der Waals surface area contributed by atoms with Crippen molar-refractivity contribution in [2.45, 2.75) is 44.1 Å². The number of hydrogen-bond acceptors (Lipinski definition) is 2. The maximum atomic E-state index is 12.2. The van der Waals surface area contributed by atoms with Gasteiger partial charge in [0.1, 0.15) is 0 Å². The van der Waals surface area contributed by atoms with Crippen LogP contribution in [0.25, 0.3) is 0 Å². The van der Waals surface area contributed by atoms with Crippen LogP contribution < -0.4 is 5.32 Å². The number of benzene rings is 1. The van der Waals surface area contributed by atoms with E-state index in [1.807, 2.05) is 0 Å². The molecule has 20 heavy (non-hydrogen) atoms. The van der Waals surface area contributed by atoms with Gasteiger partial charge in [0.05, 0.1) is 5.60 Å². The molecule has 0 aliphatic heterocycles. The number of rotatable bonds is 4. The van der Waals surface area contributed by atoms with Crippen molar-refractivity contribution in [3.05, 3.63) is 35.4 Å². The lowest BCUT2D eigenvalue weighted by atomic mass is 9.99. The van der Waals surface area contributed by atoms with E-state index in [4.69, 9.17) is 4.74 Å². The van der Waals surface area contributed by atoms with Gasteiger partial charge in [0.15, 0.2) is 0 Å². The van der Waals surface area contributed by atoms with Gasteiger partial charge < -0.3 is 10.1 Å². The molecule has 0 unspecified atom stereocenters. The summed E-state index contributed by atoms with van der Waals surface area (Å²) < 4.78 is 5.78. The SMILES string of the molecule is COC1(CNC(=O)C2CCCC2)Cc2ccccc2C1. The Labute approximate surface area is 120 Å². The Morgan fingerprint density at radius 2 is 1.85 bits per heavy atom. The van der Waals surface area contributed by atoms with Crippen LogP contribution in [0.1, 0.15) is 36.8 Å². The van der Waals surface area contributed by atoms with E-state index in [2.05, 4.69) is 29.6 Å². The first-order valence-corrected chi connectivity index (χ1v) is 7.62. The van der Waals surface area contributed by atoms with Gasteiger partial charge in [0, 0.05) is 32.4 Å². The van der Waals surface area contributed by atoms with Crippen LogP contribution in [0.3, 0.4) is 0 Å². The summed E-state index contributed by atoms with van der Waals surface area (Å²) in [7, 11) is 1.76.